The molecule has 1 saturated heterocycles. The first-order chi connectivity index (χ1) is 14.4. The first-order valence-electron chi connectivity index (χ1n) is 10.9. The zero-order valence-electron chi connectivity index (χ0n) is 17.7. The van der Waals surface area contributed by atoms with E-state index in [-0.39, 0.29) is 30.1 Å². The lowest BCUT2D eigenvalue weighted by Gasteiger charge is -2.36. The van der Waals surface area contributed by atoms with Gasteiger partial charge in [-0.2, -0.15) is 0 Å². The van der Waals surface area contributed by atoms with Gasteiger partial charge in [0.15, 0.2) is 0 Å². The van der Waals surface area contributed by atoms with E-state index >= 15 is 0 Å². The summed E-state index contributed by atoms with van der Waals surface area (Å²) in [5, 5.41) is 0. The summed E-state index contributed by atoms with van der Waals surface area (Å²) in [6.45, 7) is 0.329. The second-order valence-electron chi connectivity index (χ2n) is 8.89. The Morgan fingerprint density at radius 2 is 1.80 bits per heavy atom. The largest absolute Gasteiger partial charge is 0.453 e. The van der Waals surface area contributed by atoms with Gasteiger partial charge < -0.3 is 9.47 Å². The Labute approximate surface area is 179 Å². The maximum absolute atomic E-state index is 12.4. The van der Waals surface area contributed by atoms with Crippen LogP contribution in [-0.2, 0) is 19.5 Å². The highest BCUT2D eigenvalue weighted by molar-refractivity contribution is 7.88. The fourth-order valence-electron chi connectivity index (χ4n) is 5.47. The topological polar surface area (TPSA) is 84.9 Å². The van der Waals surface area contributed by atoms with Gasteiger partial charge in [0.05, 0.1) is 32.1 Å². The Morgan fingerprint density at radius 3 is 2.37 bits per heavy atom. The predicted molar refractivity (Wildman–Crippen MR) is 114 cm³/mol. The van der Waals surface area contributed by atoms with Crippen LogP contribution in [0.15, 0.2) is 30.3 Å². The zero-order valence-corrected chi connectivity index (χ0v) is 18.5. The van der Waals surface area contributed by atoms with Crippen molar-refractivity contribution >= 4 is 16.1 Å². The van der Waals surface area contributed by atoms with Crippen molar-refractivity contribution in [2.45, 2.75) is 68.7 Å². The molecular weight excluding hydrogens is 404 g/mol. The summed E-state index contributed by atoms with van der Waals surface area (Å²) in [5.74, 6) is 0.695. The van der Waals surface area contributed by atoms with E-state index < -0.39 is 16.1 Å². The Kier molecular flexibility index (Phi) is 6.36. The molecule has 7 nitrogen and oxygen atoms in total. The van der Waals surface area contributed by atoms with E-state index in [1.165, 1.54) is 18.9 Å². The summed E-state index contributed by atoms with van der Waals surface area (Å²) in [6.07, 6.45) is 6.80. The number of ether oxygens (including phenoxy) is 2. The molecule has 1 heterocycles. The van der Waals surface area contributed by atoms with Crippen molar-refractivity contribution in [3.05, 3.63) is 35.9 Å². The normalized spacial score (nSPS) is 33.6. The SMILES string of the molecule is COC(=O)N1[C@@H]2CC[C@@H]2[C@H](NS(C)(=O)=O)[C@@H]1COC1CCC(c2ccccc2)CC1. The quantitative estimate of drug-likeness (QED) is 0.741. The Hall–Kier alpha value is -1.64. The number of benzene rings is 1. The lowest BCUT2D eigenvalue weighted by atomic mass is 9.77. The molecule has 1 N–H and O–H groups in total. The number of likely N-dealkylation sites (tertiary alicyclic amines) is 1. The number of carbonyl (C=O) groups excluding carboxylic acids is 1. The number of hydrogen-bond donors (Lipinski definition) is 1. The molecule has 1 amide bonds. The van der Waals surface area contributed by atoms with Gasteiger partial charge in [-0.3, -0.25) is 4.90 Å². The van der Waals surface area contributed by atoms with Crippen LogP contribution in [0.25, 0.3) is 0 Å². The smallest absolute Gasteiger partial charge is 0.410 e. The van der Waals surface area contributed by atoms with E-state index in [0.29, 0.717) is 12.5 Å². The maximum Gasteiger partial charge on any atom is 0.410 e. The lowest BCUT2D eigenvalue weighted by molar-refractivity contribution is -0.0101. The molecule has 0 spiro atoms. The van der Waals surface area contributed by atoms with Crippen LogP contribution in [0.3, 0.4) is 0 Å². The third-order valence-corrected chi connectivity index (χ3v) is 7.76. The Morgan fingerprint density at radius 1 is 1.10 bits per heavy atom. The summed E-state index contributed by atoms with van der Waals surface area (Å²) >= 11 is 0. The van der Waals surface area contributed by atoms with E-state index in [2.05, 4.69) is 29.0 Å². The van der Waals surface area contributed by atoms with Crippen LogP contribution in [0.4, 0.5) is 4.79 Å². The fraction of sp³-hybridized carbons (Fsp3) is 0.682. The average Bonchev–Trinajstić information content (AvgIpc) is 2.90. The number of hydrogen-bond acceptors (Lipinski definition) is 5. The van der Waals surface area contributed by atoms with Gasteiger partial charge in [0.2, 0.25) is 10.0 Å². The van der Waals surface area contributed by atoms with Gasteiger partial charge in [-0.05, 0) is 55.9 Å². The first kappa shape index (κ1) is 21.6. The van der Waals surface area contributed by atoms with Gasteiger partial charge in [-0.25, -0.2) is 17.9 Å². The standard InChI is InChI=1S/C22H32N2O5S/c1-28-22(25)24-19-13-12-18(19)21(23-30(2,26)27)20(24)14-29-17-10-8-16(9-11-17)15-6-4-3-5-7-15/h3-7,16-21,23H,8-14H2,1-2H3/t16?,17?,18-,19+,20-,21-/m0/s1. The number of sulfonamides is 1. The van der Waals surface area contributed by atoms with Crippen molar-refractivity contribution in [3.63, 3.8) is 0 Å². The third kappa shape index (κ3) is 4.50. The molecule has 1 aromatic rings. The molecule has 166 valence electrons. The molecule has 0 bridgehead atoms. The highest BCUT2D eigenvalue weighted by Crippen LogP contribution is 2.45. The van der Waals surface area contributed by atoms with Crippen molar-refractivity contribution in [2.24, 2.45) is 5.92 Å². The summed E-state index contributed by atoms with van der Waals surface area (Å²) in [6, 6.07) is 9.96. The summed E-state index contributed by atoms with van der Waals surface area (Å²) in [7, 11) is -2.01. The molecule has 1 aliphatic heterocycles. The van der Waals surface area contributed by atoms with E-state index in [1.54, 1.807) is 4.90 Å². The molecule has 3 fully saturated rings. The van der Waals surface area contributed by atoms with Crippen LogP contribution in [-0.4, -0.2) is 63.6 Å². The highest BCUT2D eigenvalue weighted by atomic mass is 32.2. The number of fused-ring (bicyclic) bond motifs is 1. The molecule has 1 aromatic carbocycles. The van der Waals surface area contributed by atoms with E-state index in [0.717, 1.165) is 38.5 Å². The molecular formula is C22H32N2O5S. The zero-order chi connectivity index (χ0) is 21.3. The van der Waals surface area contributed by atoms with Crippen molar-refractivity contribution < 1.29 is 22.7 Å². The third-order valence-electron chi connectivity index (χ3n) is 7.06. The minimum atomic E-state index is -3.38. The number of rotatable bonds is 6. The molecule has 30 heavy (non-hydrogen) atoms. The molecule has 2 aliphatic carbocycles. The van der Waals surface area contributed by atoms with E-state index in [9.17, 15) is 13.2 Å². The minimum Gasteiger partial charge on any atom is -0.453 e. The van der Waals surface area contributed by atoms with Crippen molar-refractivity contribution in [2.75, 3.05) is 20.0 Å². The molecule has 2 saturated carbocycles. The lowest BCUT2D eigenvalue weighted by Crippen LogP contribution is -2.50. The van der Waals surface area contributed by atoms with Crippen molar-refractivity contribution in [1.29, 1.82) is 0 Å². The number of nitrogens with one attached hydrogen (secondary N) is 1. The molecule has 8 heteroatoms. The minimum absolute atomic E-state index is 0.0270. The number of carbonyl (C=O) groups is 1. The highest BCUT2D eigenvalue weighted by Gasteiger charge is 2.56. The molecule has 4 rings (SSSR count). The van der Waals surface area contributed by atoms with Crippen LogP contribution in [0.5, 0.6) is 0 Å². The summed E-state index contributed by atoms with van der Waals surface area (Å²) in [4.78, 5) is 14.2. The predicted octanol–water partition coefficient (Wildman–Crippen LogP) is 2.88. The number of nitrogens with zero attached hydrogens (tertiary/aromatic N) is 1. The van der Waals surface area contributed by atoms with Crippen LogP contribution in [0.1, 0.15) is 50.0 Å². The van der Waals surface area contributed by atoms with Gasteiger partial charge in [0.25, 0.3) is 0 Å². The van der Waals surface area contributed by atoms with Gasteiger partial charge >= 0.3 is 6.09 Å². The fourth-order valence-corrected chi connectivity index (χ4v) is 6.30. The Bertz CT molecular complexity index is 838. The molecule has 0 radical (unpaired) electrons. The van der Waals surface area contributed by atoms with Crippen molar-refractivity contribution in [1.82, 2.24) is 9.62 Å². The monoisotopic (exact) mass is 436 g/mol. The van der Waals surface area contributed by atoms with Crippen molar-refractivity contribution in [3.8, 4) is 0 Å². The van der Waals surface area contributed by atoms with Crippen LogP contribution in [0, 0.1) is 5.92 Å². The maximum atomic E-state index is 12.4. The first-order valence-corrected chi connectivity index (χ1v) is 12.8. The second-order valence-corrected chi connectivity index (χ2v) is 10.7. The Balaban J connectivity index is 1.39. The van der Waals surface area contributed by atoms with Crippen LogP contribution in [0.2, 0.25) is 0 Å². The van der Waals surface area contributed by atoms with Gasteiger partial charge in [-0.15, -0.1) is 0 Å². The molecule has 3 aliphatic rings. The molecule has 0 unspecified atom stereocenters. The van der Waals surface area contributed by atoms with Crippen LogP contribution >= 0.6 is 0 Å². The summed E-state index contributed by atoms with van der Waals surface area (Å²) < 4.78 is 37.9. The van der Waals surface area contributed by atoms with E-state index in [4.69, 9.17) is 9.47 Å². The average molecular weight is 437 g/mol. The summed E-state index contributed by atoms with van der Waals surface area (Å²) in [5.41, 5.74) is 1.39. The molecule has 0 aromatic heterocycles. The van der Waals surface area contributed by atoms with E-state index in [1.807, 2.05) is 6.07 Å². The van der Waals surface area contributed by atoms with Gasteiger partial charge in [0.1, 0.15) is 0 Å². The van der Waals surface area contributed by atoms with Gasteiger partial charge in [0, 0.05) is 12.1 Å². The second kappa shape index (κ2) is 8.85. The number of methoxy groups -OCH3 is 1. The van der Waals surface area contributed by atoms with Crippen LogP contribution < -0.4 is 4.72 Å². The van der Waals surface area contributed by atoms with Gasteiger partial charge in [-0.1, -0.05) is 30.3 Å². The molecule has 4 atom stereocenters. The number of amides is 1.